The average molecular weight is 669 g/mol. The van der Waals surface area contributed by atoms with E-state index in [1.807, 2.05) is 12.1 Å². The van der Waals surface area contributed by atoms with Gasteiger partial charge in [0.15, 0.2) is 0 Å². The number of hydrogen-bond donors (Lipinski definition) is 1. The molecule has 0 aliphatic heterocycles. The zero-order valence-electron chi connectivity index (χ0n) is 23.3. The van der Waals surface area contributed by atoms with E-state index in [4.69, 9.17) is 33.3 Å². The van der Waals surface area contributed by atoms with E-state index < -0.39 is 27.6 Å². The molecule has 0 unspecified atom stereocenters. The minimum Gasteiger partial charge on any atom is -0.496 e. The Kier molecular flexibility index (Phi) is 9.31. The second kappa shape index (κ2) is 12.7. The zero-order valence-corrected chi connectivity index (χ0v) is 26.5. The van der Waals surface area contributed by atoms with E-state index in [0.29, 0.717) is 24.2 Å². The molecule has 0 spiro atoms. The largest absolute Gasteiger partial charge is 0.496 e. The molecule has 228 valence electrons. The van der Waals surface area contributed by atoms with Gasteiger partial charge in [0.05, 0.1) is 27.1 Å². The Morgan fingerprint density at radius 1 is 1.00 bits per heavy atom. The number of ether oxygens (including phenoxy) is 1. The maximum atomic E-state index is 14.7. The molecule has 1 aliphatic rings. The molecule has 0 saturated heterocycles. The van der Waals surface area contributed by atoms with Crippen LogP contribution in [0, 0.1) is 11.6 Å². The Bertz CT molecular complexity index is 1770. The van der Waals surface area contributed by atoms with Gasteiger partial charge < -0.3 is 9.64 Å². The molecule has 3 aromatic carbocycles. The van der Waals surface area contributed by atoms with Crippen LogP contribution in [0.15, 0.2) is 59.5 Å². The summed E-state index contributed by atoms with van der Waals surface area (Å²) in [4.78, 5) is 16.0. The number of sulfonamides is 1. The third kappa shape index (κ3) is 6.52. The predicted octanol–water partition coefficient (Wildman–Crippen LogP) is 7.20. The molecule has 13 heteroatoms. The number of benzene rings is 3. The molecule has 5 rings (SSSR count). The van der Waals surface area contributed by atoms with Gasteiger partial charge in [-0.1, -0.05) is 29.8 Å². The molecule has 1 amide bonds. The number of methoxy groups -OCH3 is 1. The molecule has 4 aromatic rings. The van der Waals surface area contributed by atoms with Gasteiger partial charge >= 0.3 is 0 Å². The smallest absolute Gasteiger partial charge is 0.266 e. The normalized spacial score (nSPS) is 17.4. The number of carbonyl (C=O) groups excluding carboxylic acids is 1. The van der Waals surface area contributed by atoms with Crippen LogP contribution in [0.2, 0.25) is 5.02 Å². The summed E-state index contributed by atoms with van der Waals surface area (Å²) in [6, 6.07) is 13.6. The van der Waals surface area contributed by atoms with Crippen molar-refractivity contribution in [2.45, 2.75) is 49.2 Å². The molecular formula is C30H29Cl2F2N3O4S2. The molecule has 1 fully saturated rings. The van der Waals surface area contributed by atoms with Gasteiger partial charge in [-0.05, 0) is 85.0 Å². The van der Waals surface area contributed by atoms with Crippen LogP contribution in [-0.4, -0.2) is 49.9 Å². The number of rotatable bonds is 8. The highest BCUT2D eigenvalue weighted by atomic mass is 35.5. The van der Waals surface area contributed by atoms with E-state index >= 15 is 0 Å². The number of carbonyl (C=O) groups is 1. The van der Waals surface area contributed by atoms with Gasteiger partial charge in [0.2, 0.25) is 10.0 Å². The van der Waals surface area contributed by atoms with Crippen LogP contribution in [0.3, 0.4) is 0 Å². The van der Waals surface area contributed by atoms with Crippen molar-refractivity contribution in [3.05, 3.63) is 81.7 Å². The summed E-state index contributed by atoms with van der Waals surface area (Å²) in [5, 5.41) is 5.02. The summed E-state index contributed by atoms with van der Waals surface area (Å²) in [5.74, 6) is -1.24. The quantitative estimate of drug-likeness (QED) is 0.201. The van der Waals surface area contributed by atoms with Crippen LogP contribution < -0.4 is 9.88 Å². The molecule has 1 aromatic heterocycles. The maximum absolute atomic E-state index is 14.7. The second-order valence-electron chi connectivity index (χ2n) is 10.5. The summed E-state index contributed by atoms with van der Waals surface area (Å²) < 4.78 is 60.0. The number of amides is 1. The second-order valence-corrected chi connectivity index (χ2v) is 14.0. The lowest BCUT2D eigenvalue weighted by Crippen LogP contribution is -2.44. The number of thiophene rings is 1. The highest BCUT2D eigenvalue weighted by Gasteiger charge is 2.34. The van der Waals surface area contributed by atoms with E-state index in [9.17, 15) is 22.0 Å². The van der Waals surface area contributed by atoms with E-state index in [2.05, 4.69) is 0 Å². The van der Waals surface area contributed by atoms with E-state index in [0.717, 1.165) is 47.4 Å². The molecule has 1 saturated carbocycles. The van der Waals surface area contributed by atoms with Crippen LogP contribution in [0.5, 0.6) is 5.75 Å². The predicted molar refractivity (Wildman–Crippen MR) is 166 cm³/mol. The fraction of sp³-hybridized carbons (Fsp3) is 0.300. The molecule has 7 nitrogen and oxygen atoms in total. The minimum absolute atomic E-state index is 0.00645. The van der Waals surface area contributed by atoms with Gasteiger partial charge in [-0.15, -0.1) is 11.3 Å². The van der Waals surface area contributed by atoms with Crippen molar-refractivity contribution in [1.82, 2.24) is 9.32 Å². The van der Waals surface area contributed by atoms with Crippen LogP contribution in [0.25, 0.3) is 21.2 Å². The van der Waals surface area contributed by atoms with Crippen LogP contribution in [-0.2, 0) is 16.6 Å². The lowest BCUT2D eigenvalue weighted by atomic mass is 9.89. The Morgan fingerprint density at radius 3 is 2.19 bits per heavy atom. The van der Waals surface area contributed by atoms with Crippen molar-refractivity contribution < 1.29 is 26.7 Å². The first-order valence-corrected chi connectivity index (χ1v) is 16.5. The molecule has 0 bridgehead atoms. The van der Waals surface area contributed by atoms with E-state index in [-0.39, 0.29) is 43.5 Å². The Balaban J connectivity index is 1.55. The van der Waals surface area contributed by atoms with Crippen molar-refractivity contribution in [3.63, 3.8) is 0 Å². The van der Waals surface area contributed by atoms with Crippen molar-refractivity contribution in [3.8, 4) is 16.9 Å². The van der Waals surface area contributed by atoms with Crippen molar-refractivity contribution in [1.29, 1.82) is 0 Å². The fourth-order valence-corrected chi connectivity index (χ4v) is 7.78. The summed E-state index contributed by atoms with van der Waals surface area (Å²) in [6.07, 6.45) is 2.84. The first-order valence-electron chi connectivity index (χ1n) is 13.4. The lowest BCUT2D eigenvalue weighted by Gasteiger charge is -2.38. The number of nitrogens with two attached hydrogens (primary N) is 1. The number of nitrogens with zero attached hydrogens (tertiary/aromatic N) is 2. The van der Waals surface area contributed by atoms with Crippen LogP contribution in [0.1, 0.15) is 40.9 Å². The number of fused-ring (bicyclic) bond motifs is 1. The van der Waals surface area contributed by atoms with Gasteiger partial charge in [0, 0.05) is 31.2 Å². The van der Waals surface area contributed by atoms with E-state index in [1.54, 1.807) is 34.6 Å². The summed E-state index contributed by atoms with van der Waals surface area (Å²) in [7, 11) is -0.509. The maximum Gasteiger partial charge on any atom is 0.266 e. The van der Waals surface area contributed by atoms with Crippen molar-refractivity contribution >= 4 is 60.7 Å². The molecule has 43 heavy (non-hydrogen) atoms. The van der Waals surface area contributed by atoms with Crippen molar-refractivity contribution in [2.75, 3.05) is 14.2 Å². The standard InChI is InChI=1S/C30H29Cl2F2N3O4S2/c1-36(32)20-6-8-21(9-7-20)37(30(38)29-27(31)26-23(33)12-13-24(34)28(26)42-29)16-19-15-18(5-14-25(19)41-2)17-3-10-22(11-4-17)43(35,39)40/h3-5,10-15,20-21H,6-9,16H2,1-2H3,(H2,35,39,40)/t20-,21-. The average Bonchev–Trinajstić information content (AvgIpc) is 3.35. The van der Waals surface area contributed by atoms with E-state index in [1.165, 1.54) is 19.2 Å². The lowest BCUT2D eigenvalue weighted by molar-refractivity contribution is 0.0589. The molecule has 2 N–H and O–H groups in total. The summed E-state index contributed by atoms with van der Waals surface area (Å²) in [6.45, 7) is 0.132. The third-order valence-corrected chi connectivity index (χ3v) is 10.8. The third-order valence-electron chi connectivity index (χ3n) is 7.88. The SMILES string of the molecule is COc1ccc(-c2ccc(S(N)(=O)=O)cc2)cc1CN(C(=O)c1sc2c(F)ccc(F)c2c1Cl)[C@H]1CC[C@H](N(C)Cl)CC1. The monoisotopic (exact) mass is 667 g/mol. The fourth-order valence-electron chi connectivity index (χ4n) is 5.56. The topological polar surface area (TPSA) is 92.9 Å². The molecule has 1 heterocycles. The van der Waals surface area contributed by atoms with Gasteiger partial charge in [0.1, 0.15) is 22.3 Å². The first kappa shape index (κ1) is 31.6. The Hall–Kier alpha value is -2.80. The number of halogens is 4. The molecular weight excluding hydrogens is 639 g/mol. The summed E-state index contributed by atoms with van der Waals surface area (Å²) >= 11 is 13.6. The Morgan fingerprint density at radius 2 is 1.60 bits per heavy atom. The minimum atomic E-state index is -3.85. The zero-order chi connectivity index (χ0) is 31.1. The van der Waals surface area contributed by atoms with Gasteiger partial charge in [0.25, 0.3) is 5.91 Å². The summed E-state index contributed by atoms with van der Waals surface area (Å²) in [5.41, 5.74) is 2.19. The molecule has 0 atom stereocenters. The van der Waals surface area contributed by atoms with Crippen LogP contribution in [0.4, 0.5) is 8.78 Å². The van der Waals surface area contributed by atoms with Crippen LogP contribution >= 0.6 is 34.7 Å². The Labute approximate surface area is 262 Å². The highest BCUT2D eigenvalue weighted by Crippen LogP contribution is 2.41. The number of hydrogen-bond acceptors (Lipinski definition) is 6. The van der Waals surface area contributed by atoms with Gasteiger partial charge in [-0.3, -0.25) is 4.79 Å². The van der Waals surface area contributed by atoms with Gasteiger partial charge in [-0.2, -0.15) is 0 Å². The first-order chi connectivity index (χ1) is 20.4. The highest BCUT2D eigenvalue weighted by molar-refractivity contribution is 7.89. The molecule has 1 aliphatic carbocycles. The molecule has 0 radical (unpaired) electrons. The van der Waals surface area contributed by atoms with Gasteiger partial charge in [-0.25, -0.2) is 26.8 Å². The number of primary sulfonamides is 1. The van der Waals surface area contributed by atoms with Crippen molar-refractivity contribution in [2.24, 2.45) is 5.14 Å².